The lowest BCUT2D eigenvalue weighted by Crippen LogP contribution is -2.30. The Kier molecular flexibility index (Phi) is 4.94. The van der Waals surface area contributed by atoms with Gasteiger partial charge in [0.2, 0.25) is 0 Å². The summed E-state index contributed by atoms with van der Waals surface area (Å²) in [6.07, 6.45) is 1.65. The first-order chi connectivity index (χ1) is 11.6. The fraction of sp³-hybridized carbons (Fsp3) is 0.300. The number of benzene rings is 2. The number of fused-ring (bicyclic) bond motifs is 1. The van der Waals surface area contributed by atoms with Crippen LogP contribution in [-0.4, -0.2) is 24.8 Å². The largest absolute Gasteiger partial charge is 0.484 e. The van der Waals surface area contributed by atoms with E-state index in [9.17, 15) is 4.79 Å². The number of nitrogens with zero attached hydrogens (tertiary/aromatic N) is 1. The van der Waals surface area contributed by atoms with Crippen molar-refractivity contribution < 1.29 is 9.53 Å². The lowest BCUT2D eigenvalue weighted by Gasteiger charge is -2.09. The zero-order chi connectivity index (χ0) is 16.9. The molecule has 0 spiro atoms. The molecule has 1 heterocycles. The summed E-state index contributed by atoms with van der Waals surface area (Å²) in [7, 11) is 0. The first kappa shape index (κ1) is 16.2. The molecule has 3 rings (SSSR count). The molecule has 4 heteroatoms. The zero-order valence-corrected chi connectivity index (χ0v) is 14.1. The van der Waals surface area contributed by atoms with Crippen LogP contribution >= 0.6 is 0 Å². The van der Waals surface area contributed by atoms with Gasteiger partial charge in [-0.1, -0.05) is 24.3 Å². The van der Waals surface area contributed by atoms with E-state index in [0.29, 0.717) is 6.54 Å². The third-order valence-corrected chi connectivity index (χ3v) is 4.25. The van der Waals surface area contributed by atoms with E-state index in [-0.39, 0.29) is 12.5 Å². The van der Waals surface area contributed by atoms with Gasteiger partial charge in [0.15, 0.2) is 6.61 Å². The van der Waals surface area contributed by atoms with E-state index < -0.39 is 0 Å². The van der Waals surface area contributed by atoms with Crippen LogP contribution in [0.2, 0.25) is 0 Å². The SMILES string of the molecule is Cc1ccc(OCC(=O)NCCC2=Nc3ccccc3C2)cc1C. The standard InChI is InChI=1S/C20H22N2O2/c1-14-7-8-18(11-15(14)2)24-13-20(23)21-10-9-17-12-16-5-3-4-6-19(16)22-17/h3-8,11H,9-10,12-13H2,1-2H3,(H,21,23). The van der Waals surface area contributed by atoms with E-state index in [4.69, 9.17) is 4.74 Å². The van der Waals surface area contributed by atoms with Crippen molar-refractivity contribution in [2.45, 2.75) is 26.7 Å². The zero-order valence-electron chi connectivity index (χ0n) is 14.1. The Labute approximate surface area is 142 Å². The van der Waals surface area contributed by atoms with Crippen molar-refractivity contribution in [3.63, 3.8) is 0 Å². The van der Waals surface area contributed by atoms with Crippen molar-refractivity contribution in [3.05, 3.63) is 59.2 Å². The maximum Gasteiger partial charge on any atom is 0.257 e. The molecule has 1 aliphatic rings. The minimum Gasteiger partial charge on any atom is -0.484 e. The fourth-order valence-corrected chi connectivity index (χ4v) is 2.69. The molecule has 0 atom stereocenters. The average molecular weight is 322 g/mol. The highest BCUT2D eigenvalue weighted by Crippen LogP contribution is 2.26. The molecule has 0 saturated carbocycles. The number of ether oxygens (including phenoxy) is 1. The molecule has 2 aromatic carbocycles. The summed E-state index contributed by atoms with van der Waals surface area (Å²) in [5, 5.41) is 2.89. The lowest BCUT2D eigenvalue weighted by atomic mass is 10.1. The molecular weight excluding hydrogens is 300 g/mol. The molecule has 1 N–H and O–H groups in total. The molecule has 0 fully saturated rings. The van der Waals surface area contributed by atoms with Crippen molar-refractivity contribution in [2.75, 3.05) is 13.2 Å². The third kappa shape index (κ3) is 4.02. The van der Waals surface area contributed by atoms with Crippen molar-refractivity contribution in [1.82, 2.24) is 5.32 Å². The summed E-state index contributed by atoms with van der Waals surface area (Å²) in [4.78, 5) is 16.5. The normalized spacial score (nSPS) is 12.5. The Hall–Kier alpha value is -2.62. The smallest absolute Gasteiger partial charge is 0.257 e. The van der Waals surface area contributed by atoms with Crippen LogP contribution in [0.25, 0.3) is 0 Å². The molecule has 24 heavy (non-hydrogen) atoms. The number of aliphatic imine (C=N–C) groups is 1. The fourth-order valence-electron chi connectivity index (χ4n) is 2.69. The van der Waals surface area contributed by atoms with Crippen LogP contribution in [0.1, 0.15) is 23.1 Å². The van der Waals surface area contributed by atoms with E-state index in [0.717, 1.165) is 35.6 Å². The van der Waals surface area contributed by atoms with Gasteiger partial charge in [0.1, 0.15) is 5.75 Å². The number of carbonyl (C=O) groups excluding carboxylic acids is 1. The Morgan fingerprint density at radius 2 is 2.00 bits per heavy atom. The average Bonchev–Trinajstić information content (AvgIpc) is 2.98. The van der Waals surface area contributed by atoms with Crippen LogP contribution in [0.15, 0.2) is 47.5 Å². The van der Waals surface area contributed by atoms with Gasteiger partial charge in [-0.3, -0.25) is 9.79 Å². The topological polar surface area (TPSA) is 50.7 Å². The van der Waals surface area contributed by atoms with E-state index in [1.807, 2.05) is 43.3 Å². The highest BCUT2D eigenvalue weighted by molar-refractivity contribution is 5.94. The predicted molar refractivity (Wildman–Crippen MR) is 96.3 cm³/mol. The van der Waals surface area contributed by atoms with Crippen LogP contribution in [0.4, 0.5) is 5.69 Å². The van der Waals surface area contributed by atoms with Crippen LogP contribution in [-0.2, 0) is 11.2 Å². The summed E-state index contributed by atoms with van der Waals surface area (Å²) in [5.41, 5.74) is 5.80. The van der Waals surface area contributed by atoms with Gasteiger partial charge in [-0.05, 0) is 48.7 Å². The monoisotopic (exact) mass is 322 g/mol. The summed E-state index contributed by atoms with van der Waals surface area (Å²) in [5.74, 6) is 0.619. The van der Waals surface area contributed by atoms with Gasteiger partial charge >= 0.3 is 0 Å². The van der Waals surface area contributed by atoms with Crippen molar-refractivity contribution >= 4 is 17.3 Å². The van der Waals surface area contributed by atoms with Crippen molar-refractivity contribution in [2.24, 2.45) is 4.99 Å². The molecule has 124 valence electrons. The summed E-state index contributed by atoms with van der Waals surface area (Å²) in [6, 6.07) is 14.0. The molecule has 2 aromatic rings. The first-order valence-corrected chi connectivity index (χ1v) is 8.23. The molecule has 0 radical (unpaired) electrons. The van der Waals surface area contributed by atoms with E-state index in [1.54, 1.807) is 0 Å². The van der Waals surface area contributed by atoms with Gasteiger partial charge in [0.05, 0.1) is 5.69 Å². The second-order valence-corrected chi connectivity index (χ2v) is 6.12. The van der Waals surface area contributed by atoms with Gasteiger partial charge in [0.25, 0.3) is 5.91 Å². The highest BCUT2D eigenvalue weighted by Gasteiger charge is 2.13. The number of hydrogen-bond donors (Lipinski definition) is 1. The molecule has 0 aromatic heterocycles. The van der Waals surface area contributed by atoms with Crippen LogP contribution in [0.3, 0.4) is 0 Å². The van der Waals surface area contributed by atoms with Crippen LogP contribution in [0.5, 0.6) is 5.75 Å². The number of amides is 1. The Morgan fingerprint density at radius 1 is 1.17 bits per heavy atom. The van der Waals surface area contributed by atoms with Gasteiger partial charge in [-0.25, -0.2) is 0 Å². The molecule has 0 saturated heterocycles. The maximum atomic E-state index is 11.9. The summed E-state index contributed by atoms with van der Waals surface area (Å²) in [6.45, 7) is 4.70. The highest BCUT2D eigenvalue weighted by atomic mass is 16.5. The maximum absolute atomic E-state index is 11.9. The second kappa shape index (κ2) is 7.30. The molecule has 0 aliphatic carbocycles. The van der Waals surface area contributed by atoms with Gasteiger partial charge in [-0.2, -0.15) is 0 Å². The van der Waals surface area contributed by atoms with E-state index in [1.165, 1.54) is 11.1 Å². The predicted octanol–water partition coefficient (Wildman–Crippen LogP) is 3.52. The van der Waals surface area contributed by atoms with Gasteiger partial charge in [0, 0.05) is 25.1 Å². The number of carbonyl (C=O) groups is 1. The minimum atomic E-state index is -0.107. The third-order valence-electron chi connectivity index (χ3n) is 4.25. The van der Waals surface area contributed by atoms with Crippen molar-refractivity contribution in [1.29, 1.82) is 0 Å². The number of rotatable bonds is 6. The second-order valence-electron chi connectivity index (χ2n) is 6.12. The summed E-state index contributed by atoms with van der Waals surface area (Å²) >= 11 is 0. The van der Waals surface area contributed by atoms with Crippen LogP contribution in [0, 0.1) is 13.8 Å². The van der Waals surface area contributed by atoms with E-state index in [2.05, 4.69) is 23.3 Å². The molecule has 1 aliphatic heterocycles. The molecule has 1 amide bonds. The quantitative estimate of drug-likeness (QED) is 0.884. The summed E-state index contributed by atoms with van der Waals surface area (Å²) < 4.78 is 5.53. The van der Waals surface area contributed by atoms with Crippen LogP contribution < -0.4 is 10.1 Å². The Balaban J connectivity index is 1.40. The molecule has 0 bridgehead atoms. The van der Waals surface area contributed by atoms with E-state index >= 15 is 0 Å². The number of nitrogens with one attached hydrogen (secondary N) is 1. The molecular formula is C20H22N2O2. The Morgan fingerprint density at radius 3 is 2.79 bits per heavy atom. The first-order valence-electron chi connectivity index (χ1n) is 8.23. The number of aryl methyl sites for hydroxylation is 2. The lowest BCUT2D eigenvalue weighted by molar-refractivity contribution is -0.123. The minimum absolute atomic E-state index is 0.0369. The molecule has 0 unspecified atom stereocenters. The van der Waals surface area contributed by atoms with Gasteiger partial charge in [-0.15, -0.1) is 0 Å². The molecule has 4 nitrogen and oxygen atoms in total. The number of hydrogen-bond acceptors (Lipinski definition) is 3. The Bertz CT molecular complexity index is 781. The van der Waals surface area contributed by atoms with Gasteiger partial charge < -0.3 is 10.1 Å². The number of para-hydroxylation sites is 1. The van der Waals surface area contributed by atoms with Crippen molar-refractivity contribution in [3.8, 4) is 5.75 Å².